The maximum Gasteiger partial charge on any atom is 0.0720 e. The van der Waals surface area contributed by atoms with Crippen LogP contribution < -0.4 is 0 Å². The molecule has 0 spiro atoms. The Hall–Kier alpha value is -1.26. The average Bonchev–Trinajstić information content (AvgIpc) is 2.31. The summed E-state index contributed by atoms with van der Waals surface area (Å²) in [7, 11) is 0. The molecule has 16 heavy (non-hydrogen) atoms. The molecule has 0 saturated carbocycles. The summed E-state index contributed by atoms with van der Waals surface area (Å²) in [5, 5.41) is 10.1. The van der Waals surface area contributed by atoms with Crippen LogP contribution in [0.4, 0.5) is 0 Å². The number of aliphatic hydroxyl groups excluding tert-OH is 1. The number of hydrogen-bond acceptors (Lipinski definition) is 1. The first-order valence-electron chi connectivity index (χ1n) is 5.87. The van der Waals surface area contributed by atoms with Crippen molar-refractivity contribution in [3.8, 4) is 12.3 Å². The maximum atomic E-state index is 10.1. The number of terminal acetylenes is 1. The Kier molecular flexibility index (Phi) is 5.08. The molecule has 0 radical (unpaired) electrons. The summed E-state index contributed by atoms with van der Waals surface area (Å²) in [6, 6.07) is 10.1. The normalized spacial score (nSPS) is 16.1. The lowest BCUT2D eigenvalue weighted by atomic mass is 9.80. The highest BCUT2D eigenvalue weighted by atomic mass is 16.3. The second kappa shape index (κ2) is 6.35. The number of rotatable bonds is 5. The summed E-state index contributed by atoms with van der Waals surface area (Å²) in [5.41, 5.74) is 1.18. The first kappa shape index (κ1) is 12.8. The molecule has 3 unspecified atom stereocenters. The number of aliphatic hydroxyl groups is 1. The van der Waals surface area contributed by atoms with Crippen molar-refractivity contribution in [3.63, 3.8) is 0 Å². The summed E-state index contributed by atoms with van der Waals surface area (Å²) in [4.78, 5) is 0. The van der Waals surface area contributed by atoms with Crippen LogP contribution in [-0.2, 0) is 0 Å². The topological polar surface area (TPSA) is 20.2 Å². The summed E-state index contributed by atoms with van der Waals surface area (Å²) < 4.78 is 0. The summed E-state index contributed by atoms with van der Waals surface area (Å²) in [6.45, 7) is 4.31. The molecule has 0 aliphatic rings. The lowest BCUT2D eigenvalue weighted by Crippen LogP contribution is -2.24. The first-order chi connectivity index (χ1) is 7.70. The van der Waals surface area contributed by atoms with Gasteiger partial charge in [0.2, 0.25) is 0 Å². The van der Waals surface area contributed by atoms with E-state index in [9.17, 15) is 5.11 Å². The molecule has 0 saturated heterocycles. The first-order valence-corrected chi connectivity index (χ1v) is 5.87. The summed E-state index contributed by atoms with van der Waals surface area (Å²) in [5.74, 6) is 3.12. The molecule has 1 heteroatoms. The van der Waals surface area contributed by atoms with E-state index in [2.05, 4.69) is 31.9 Å². The van der Waals surface area contributed by atoms with Crippen molar-refractivity contribution in [1.29, 1.82) is 0 Å². The van der Waals surface area contributed by atoms with Crippen molar-refractivity contribution in [1.82, 2.24) is 0 Å². The van der Waals surface area contributed by atoms with E-state index < -0.39 is 6.10 Å². The summed E-state index contributed by atoms with van der Waals surface area (Å²) >= 11 is 0. The largest absolute Gasteiger partial charge is 0.391 e. The zero-order valence-corrected chi connectivity index (χ0v) is 10.1. The van der Waals surface area contributed by atoms with Gasteiger partial charge < -0.3 is 5.11 Å². The average molecular weight is 216 g/mol. The Bertz CT molecular complexity index is 336. The fraction of sp³-hybridized carbons (Fsp3) is 0.467. The van der Waals surface area contributed by atoms with E-state index in [1.54, 1.807) is 0 Å². The second-order valence-corrected chi connectivity index (χ2v) is 4.30. The van der Waals surface area contributed by atoms with Gasteiger partial charge in [-0.1, -0.05) is 50.6 Å². The highest BCUT2D eigenvalue weighted by Crippen LogP contribution is 2.31. The smallest absolute Gasteiger partial charge is 0.0720 e. The van der Waals surface area contributed by atoms with Gasteiger partial charge in [-0.3, -0.25) is 0 Å². The van der Waals surface area contributed by atoms with Crippen LogP contribution in [0.1, 0.15) is 38.2 Å². The highest BCUT2D eigenvalue weighted by molar-refractivity contribution is 5.22. The molecule has 0 aromatic heterocycles. The van der Waals surface area contributed by atoms with Crippen LogP contribution in [0.5, 0.6) is 0 Å². The van der Waals surface area contributed by atoms with Crippen molar-refractivity contribution in [2.75, 3.05) is 0 Å². The molecule has 1 rings (SSSR count). The standard InChI is InChI=1S/C15H20O/c1-4-9-14(16)15(12(3)5-2)13-10-7-6-8-11-13/h1,6-8,10-12,14-16H,5,9H2,2-3H3. The van der Waals surface area contributed by atoms with E-state index in [4.69, 9.17) is 6.42 Å². The van der Waals surface area contributed by atoms with Crippen LogP contribution in [0.3, 0.4) is 0 Å². The minimum absolute atomic E-state index is 0.141. The number of hydrogen-bond donors (Lipinski definition) is 1. The van der Waals surface area contributed by atoms with Crippen molar-refractivity contribution in [2.45, 2.75) is 38.7 Å². The molecule has 1 N–H and O–H groups in total. The molecular formula is C15H20O. The third kappa shape index (κ3) is 3.12. The van der Waals surface area contributed by atoms with Gasteiger partial charge in [0, 0.05) is 12.3 Å². The Morgan fingerprint density at radius 3 is 2.44 bits per heavy atom. The Morgan fingerprint density at radius 2 is 1.94 bits per heavy atom. The minimum atomic E-state index is -0.442. The van der Waals surface area contributed by atoms with E-state index in [0.717, 1.165) is 6.42 Å². The van der Waals surface area contributed by atoms with Gasteiger partial charge in [-0.15, -0.1) is 12.3 Å². The van der Waals surface area contributed by atoms with Gasteiger partial charge >= 0.3 is 0 Å². The van der Waals surface area contributed by atoms with E-state index in [0.29, 0.717) is 12.3 Å². The summed E-state index contributed by atoms with van der Waals surface area (Å²) in [6.07, 6.45) is 6.30. The molecule has 0 aliphatic heterocycles. The molecule has 0 fully saturated rings. The predicted molar refractivity (Wildman–Crippen MR) is 68.1 cm³/mol. The van der Waals surface area contributed by atoms with Gasteiger partial charge in [0.1, 0.15) is 0 Å². The molecular weight excluding hydrogens is 196 g/mol. The molecule has 0 aliphatic carbocycles. The van der Waals surface area contributed by atoms with Gasteiger partial charge in [-0.2, -0.15) is 0 Å². The van der Waals surface area contributed by atoms with Gasteiger partial charge in [0.15, 0.2) is 0 Å². The van der Waals surface area contributed by atoms with E-state index in [-0.39, 0.29) is 5.92 Å². The van der Waals surface area contributed by atoms with E-state index >= 15 is 0 Å². The molecule has 0 heterocycles. The van der Waals surface area contributed by atoms with Crippen LogP contribution >= 0.6 is 0 Å². The highest BCUT2D eigenvalue weighted by Gasteiger charge is 2.25. The van der Waals surface area contributed by atoms with Crippen molar-refractivity contribution >= 4 is 0 Å². The third-order valence-corrected chi connectivity index (χ3v) is 3.18. The van der Waals surface area contributed by atoms with E-state index in [1.807, 2.05) is 18.2 Å². The zero-order valence-electron chi connectivity index (χ0n) is 10.1. The van der Waals surface area contributed by atoms with Gasteiger partial charge in [0.05, 0.1) is 6.10 Å². The van der Waals surface area contributed by atoms with Gasteiger partial charge in [-0.05, 0) is 11.5 Å². The SMILES string of the molecule is C#CCC(O)C(c1ccccc1)C(C)CC. The van der Waals surface area contributed by atoms with Gasteiger partial charge in [0.25, 0.3) is 0 Å². The lowest BCUT2D eigenvalue weighted by Gasteiger charge is -2.27. The zero-order chi connectivity index (χ0) is 12.0. The van der Waals surface area contributed by atoms with Gasteiger partial charge in [-0.25, -0.2) is 0 Å². The molecule has 86 valence electrons. The van der Waals surface area contributed by atoms with Crippen LogP contribution in [0.25, 0.3) is 0 Å². The fourth-order valence-electron chi connectivity index (χ4n) is 2.11. The molecule has 0 amide bonds. The maximum absolute atomic E-state index is 10.1. The van der Waals surface area contributed by atoms with Crippen LogP contribution in [0.2, 0.25) is 0 Å². The molecule has 1 aromatic carbocycles. The Labute approximate surface area is 98.5 Å². The predicted octanol–water partition coefficient (Wildman–Crippen LogP) is 3.20. The van der Waals surface area contributed by atoms with Crippen LogP contribution in [0, 0.1) is 18.3 Å². The van der Waals surface area contributed by atoms with E-state index in [1.165, 1.54) is 5.56 Å². The Morgan fingerprint density at radius 1 is 1.31 bits per heavy atom. The van der Waals surface area contributed by atoms with Crippen LogP contribution in [-0.4, -0.2) is 11.2 Å². The lowest BCUT2D eigenvalue weighted by molar-refractivity contribution is 0.122. The van der Waals surface area contributed by atoms with Crippen molar-refractivity contribution in [2.24, 2.45) is 5.92 Å². The third-order valence-electron chi connectivity index (χ3n) is 3.18. The fourth-order valence-corrected chi connectivity index (χ4v) is 2.11. The Balaban J connectivity index is 2.92. The van der Waals surface area contributed by atoms with Crippen molar-refractivity contribution < 1.29 is 5.11 Å². The van der Waals surface area contributed by atoms with Crippen LogP contribution in [0.15, 0.2) is 30.3 Å². The monoisotopic (exact) mass is 216 g/mol. The van der Waals surface area contributed by atoms with Crippen molar-refractivity contribution in [3.05, 3.63) is 35.9 Å². The number of benzene rings is 1. The molecule has 1 aromatic rings. The minimum Gasteiger partial charge on any atom is -0.391 e. The molecule has 1 nitrogen and oxygen atoms in total. The second-order valence-electron chi connectivity index (χ2n) is 4.30. The quantitative estimate of drug-likeness (QED) is 0.749. The molecule has 3 atom stereocenters. The molecule has 0 bridgehead atoms.